The van der Waals surface area contributed by atoms with Crippen LogP contribution in [0.4, 0.5) is 4.79 Å². The number of pyridine rings is 2. The van der Waals surface area contributed by atoms with E-state index in [1.807, 2.05) is 46.8 Å². The smallest absolute Gasteiger partial charge is 0.412 e. The van der Waals surface area contributed by atoms with Crippen molar-refractivity contribution >= 4 is 29.3 Å². The molecule has 0 aliphatic carbocycles. The second kappa shape index (κ2) is 8.69. The lowest BCUT2D eigenvalue weighted by Gasteiger charge is -2.38. The Labute approximate surface area is 187 Å². The molecule has 1 amide bonds. The molecule has 3 heterocycles. The molecule has 0 aromatic carbocycles. The second-order valence-corrected chi connectivity index (χ2v) is 9.66. The Morgan fingerprint density at radius 2 is 1.83 bits per heavy atom. The summed E-state index contributed by atoms with van der Waals surface area (Å²) in [4.78, 5) is 23.3. The lowest BCUT2D eigenvalue weighted by atomic mass is 9.86. The van der Waals surface area contributed by atoms with Crippen LogP contribution in [-0.2, 0) is 15.9 Å². The van der Waals surface area contributed by atoms with Crippen molar-refractivity contribution in [3.05, 3.63) is 58.1 Å². The van der Waals surface area contributed by atoms with Crippen LogP contribution in [0.3, 0.4) is 0 Å². The van der Waals surface area contributed by atoms with Crippen LogP contribution in [0.5, 0.6) is 0 Å². The van der Waals surface area contributed by atoms with E-state index in [-0.39, 0.29) is 12.0 Å². The largest absolute Gasteiger partial charge is 0.444 e. The van der Waals surface area contributed by atoms with E-state index in [1.165, 1.54) is 0 Å². The summed E-state index contributed by atoms with van der Waals surface area (Å²) >= 11 is 12.0. The van der Waals surface area contributed by atoms with Gasteiger partial charge in [0.25, 0.3) is 0 Å². The molecule has 1 unspecified atom stereocenters. The molecule has 8 heteroatoms. The van der Waals surface area contributed by atoms with Gasteiger partial charge in [-0.05, 0) is 64.3 Å². The molecule has 1 aliphatic heterocycles. The minimum absolute atomic E-state index is 0.105. The number of carbonyl (C=O) groups is 1. The number of nitrogens with zero attached hydrogens (tertiary/aromatic N) is 3. The van der Waals surface area contributed by atoms with Crippen LogP contribution in [-0.4, -0.2) is 44.9 Å². The van der Waals surface area contributed by atoms with Gasteiger partial charge in [0.15, 0.2) is 0 Å². The summed E-state index contributed by atoms with van der Waals surface area (Å²) in [6.45, 7) is 9.67. The second-order valence-electron chi connectivity index (χ2n) is 8.89. The van der Waals surface area contributed by atoms with Crippen molar-refractivity contribution in [2.45, 2.75) is 64.3 Å². The lowest BCUT2D eigenvalue weighted by molar-refractivity contribution is -0.0633. The highest BCUT2D eigenvalue weighted by Crippen LogP contribution is 2.38. The van der Waals surface area contributed by atoms with Gasteiger partial charge in [-0.2, -0.15) is 0 Å². The van der Waals surface area contributed by atoms with E-state index < -0.39 is 17.4 Å². The highest BCUT2D eigenvalue weighted by Gasteiger charge is 2.48. The third-order valence-electron chi connectivity index (χ3n) is 5.00. The molecule has 1 fully saturated rings. The summed E-state index contributed by atoms with van der Waals surface area (Å²) in [5, 5.41) is 0.849. The number of aromatic nitrogens is 2. The third kappa shape index (κ3) is 5.42. The van der Waals surface area contributed by atoms with Crippen molar-refractivity contribution < 1.29 is 14.3 Å². The zero-order valence-corrected chi connectivity index (χ0v) is 19.4. The van der Waals surface area contributed by atoms with Crippen molar-refractivity contribution in [1.29, 1.82) is 0 Å². The van der Waals surface area contributed by atoms with E-state index in [4.69, 9.17) is 32.7 Å². The van der Waals surface area contributed by atoms with Crippen LogP contribution in [0.1, 0.15) is 51.7 Å². The Balaban J connectivity index is 1.98. The molecule has 0 bridgehead atoms. The number of hydrogen-bond acceptors (Lipinski definition) is 5. The van der Waals surface area contributed by atoms with Gasteiger partial charge in [-0.3, -0.25) is 4.90 Å². The minimum atomic E-state index is -0.802. The normalized spacial score (nSPS) is 19.6. The fourth-order valence-electron chi connectivity index (χ4n) is 3.66. The Hall–Kier alpha value is -1.89. The van der Waals surface area contributed by atoms with Crippen LogP contribution < -0.4 is 0 Å². The molecule has 6 nitrogen and oxygen atoms in total. The maximum atomic E-state index is 13.1. The van der Waals surface area contributed by atoms with Crippen molar-refractivity contribution in [2.24, 2.45) is 0 Å². The summed E-state index contributed by atoms with van der Waals surface area (Å²) in [5.41, 5.74) is 0.531. The van der Waals surface area contributed by atoms with Crippen molar-refractivity contribution in [3.8, 4) is 0 Å². The Bertz CT molecular complexity index is 880. The fourth-order valence-corrected chi connectivity index (χ4v) is 3.88. The number of hydrogen-bond donors (Lipinski definition) is 0. The first-order valence-electron chi connectivity index (χ1n) is 9.84. The predicted octanol–water partition coefficient (Wildman–Crippen LogP) is 5.48. The maximum absolute atomic E-state index is 13.1. The standard InChI is InChI=1S/C22H27Cl2N3O3/c1-21(2,3)30-20(28)27-17(13-29-22(27,4)5)16(15-7-9-19(24)26-12-15)10-14-6-8-18(23)25-11-14/h6-9,11-12,16-17H,10,13H2,1-5H3/t16?,17-/m1/s1. The van der Waals surface area contributed by atoms with Gasteiger partial charge in [0.2, 0.25) is 0 Å². The highest BCUT2D eigenvalue weighted by atomic mass is 35.5. The van der Waals surface area contributed by atoms with Crippen molar-refractivity contribution in [1.82, 2.24) is 14.9 Å². The molecule has 0 radical (unpaired) electrons. The van der Waals surface area contributed by atoms with Crippen LogP contribution in [0.2, 0.25) is 10.3 Å². The van der Waals surface area contributed by atoms with Gasteiger partial charge in [0.1, 0.15) is 21.6 Å². The predicted molar refractivity (Wildman–Crippen MR) is 117 cm³/mol. The summed E-state index contributed by atoms with van der Waals surface area (Å²) in [6.07, 6.45) is 3.71. The monoisotopic (exact) mass is 451 g/mol. The summed E-state index contributed by atoms with van der Waals surface area (Å²) in [6, 6.07) is 7.12. The first-order chi connectivity index (χ1) is 14.0. The van der Waals surface area contributed by atoms with Gasteiger partial charge in [-0.15, -0.1) is 0 Å². The molecule has 162 valence electrons. The quantitative estimate of drug-likeness (QED) is 0.575. The first-order valence-corrected chi connectivity index (χ1v) is 10.6. The van der Waals surface area contributed by atoms with E-state index in [9.17, 15) is 4.79 Å². The average molecular weight is 452 g/mol. The van der Waals surface area contributed by atoms with Gasteiger partial charge in [0.05, 0.1) is 12.6 Å². The molecule has 0 N–H and O–H groups in total. The minimum Gasteiger partial charge on any atom is -0.444 e. The molecule has 2 aromatic rings. The number of carbonyl (C=O) groups excluding carboxylic acids is 1. The molecule has 0 spiro atoms. The summed E-state index contributed by atoms with van der Waals surface area (Å²) in [7, 11) is 0. The molecule has 2 atom stereocenters. The molecule has 3 rings (SSSR count). The van der Waals surface area contributed by atoms with Crippen LogP contribution in [0, 0.1) is 0 Å². The van der Waals surface area contributed by atoms with Gasteiger partial charge in [-0.25, -0.2) is 14.8 Å². The fraction of sp³-hybridized carbons (Fsp3) is 0.500. The third-order valence-corrected chi connectivity index (χ3v) is 5.44. The van der Waals surface area contributed by atoms with Crippen molar-refractivity contribution in [2.75, 3.05) is 6.61 Å². The Morgan fingerprint density at radius 1 is 1.20 bits per heavy atom. The Kier molecular flexibility index (Phi) is 6.60. The molecular formula is C22H27Cl2N3O3. The van der Waals surface area contributed by atoms with Crippen LogP contribution in [0.25, 0.3) is 0 Å². The Morgan fingerprint density at radius 3 is 2.37 bits per heavy atom. The molecule has 0 saturated carbocycles. The number of ether oxygens (including phenoxy) is 2. The van der Waals surface area contributed by atoms with E-state index in [1.54, 1.807) is 29.4 Å². The average Bonchev–Trinajstić information content (AvgIpc) is 2.96. The molecule has 2 aromatic heterocycles. The van der Waals surface area contributed by atoms with Crippen LogP contribution >= 0.6 is 23.2 Å². The van der Waals surface area contributed by atoms with Gasteiger partial charge >= 0.3 is 6.09 Å². The van der Waals surface area contributed by atoms with E-state index in [0.29, 0.717) is 23.3 Å². The van der Waals surface area contributed by atoms with Gasteiger partial charge in [-0.1, -0.05) is 35.3 Å². The topological polar surface area (TPSA) is 64.5 Å². The zero-order chi connectivity index (χ0) is 22.1. The highest BCUT2D eigenvalue weighted by molar-refractivity contribution is 6.29. The first kappa shape index (κ1) is 22.8. The number of amides is 1. The van der Waals surface area contributed by atoms with E-state index in [0.717, 1.165) is 11.1 Å². The molecule has 30 heavy (non-hydrogen) atoms. The maximum Gasteiger partial charge on any atom is 0.412 e. The number of rotatable bonds is 4. The molecule has 1 aliphatic rings. The van der Waals surface area contributed by atoms with Gasteiger partial charge in [0, 0.05) is 18.3 Å². The van der Waals surface area contributed by atoms with Gasteiger partial charge < -0.3 is 9.47 Å². The zero-order valence-electron chi connectivity index (χ0n) is 17.9. The summed E-state index contributed by atoms with van der Waals surface area (Å²) < 4.78 is 11.7. The SMILES string of the molecule is CC(C)(C)OC(=O)N1[C@@H](C(Cc2ccc(Cl)nc2)c2ccc(Cl)nc2)COC1(C)C. The molecule has 1 saturated heterocycles. The van der Waals surface area contributed by atoms with Crippen LogP contribution in [0.15, 0.2) is 36.7 Å². The van der Waals surface area contributed by atoms with Crippen molar-refractivity contribution in [3.63, 3.8) is 0 Å². The molecular weight excluding hydrogens is 425 g/mol. The lowest BCUT2D eigenvalue weighted by Crippen LogP contribution is -2.51. The number of halogens is 2. The summed E-state index contributed by atoms with van der Waals surface area (Å²) in [5.74, 6) is -0.105. The van der Waals surface area contributed by atoms with E-state index in [2.05, 4.69) is 9.97 Å². The van der Waals surface area contributed by atoms with E-state index >= 15 is 0 Å².